The highest BCUT2D eigenvalue weighted by molar-refractivity contribution is 7.23. The third-order valence-electron chi connectivity index (χ3n) is 9.18. The molecule has 2 saturated heterocycles. The lowest BCUT2D eigenvalue weighted by atomic mass is 9.90. The summed E-state index contributed by atoms with van der Waals surface area (Å²) in [5.74, 6) is -1.05. The second-order valence-corrected chi connectivity index (χ2v) is 14.9. The Balaban J connectivity index is 1.44. The van der Waals surface area contributed by atoms with E-state index < -0.39 is 29.4 Å². The lowest BCUT2D eigenvalue weighted by Gasteiger charge is -2.42. The van der Waals surface area contributed by atoms with Crippen molar-refractivity contribution in [1.82, 2.24) is 19.8 Å². The summed E-state index contributed by atoms with van der Waals surface area (Å²) < 4.78 is 45.2. The van der Waals surface area contributed by atoms with Crippen LogP contribution < -0.4 is 15.5 Å². The standard InChI is InChI=1S/C34H36F2N8O4S/c1-34(2,3)48-33(46)41-30-17(11-37)23-22(49-30)8-7-20(35)26(23)24-18-14-47-15-19(18)25-28(27(24)36)39-32(44-12-16(13-44)42(4)5)40-29(25)38-21-9-10-43(6)31(21)45/h7-8,16,21H,9-10,12-15H2,1-6H3,(H,41,46)(H,38,39,40)/t21-/m1/s1. The number of carbonyl (C=O) groups is 2. The van der Waals surface area contributed by atoms with Gasteiger partial charge < -0.3 is 29.5 Å². The fourth-order valence-electron chi connectivity index (χ4n) is 6.59. The summed E-state index contributed by atoms with van der Waals surface area (Å²) in [5.41, 5.74) is -0.0667. The van der Waals surface area contributed by atoms with Crippen LogP contribution in [-0.4, -0.2) is 90.2 Å². The van der Waals surface area contributed by atoms with Crippen molar-refractivity contribution in [2.24, 2.45) is 0 Å². The molecule has 2 fully saturated rings. The van der Waals surface area contributed by atoms with Gasteiger partial charge in [-0.3, -0.25) is 10.1 Å². The highest BCUT2D eigenvalue weighted by Gasteiger charge is 2.37. The molecule has 256 valence electrons. The third kappa shape index (κ3) is 5.67. The number of aromatic nitrogens is 2. The Morgan fingerprint density at radius 1 is 1.14 bits per heavy atom. The first-order valence-electron chi connectivity index (χ1n) is 16.0. The molecular weight excluding hydrogens is 654 g/mol. The molecule has 0 spiro atoms. The lowest BCUT2D eigenvalue weighted by Crippen LogP contribution is -2.58. The van der Waals surface area contributed by atoms with Gasteiger partial charge in [0.1, 0.15) is 39.9 Å². The second-order valence-electron chi connectivity index (χ2n) is 13.8. The van der Waals surface area contributed by atoms with Gasteiger partial charge in [0.2, 0.25) is 11.9 Å². The number of ether oxygens (including phenoxy) is 2. The van der Waals surface area contributed by atoms with Gasteiger partial charge in [-0.1, -0.05) is 0 Å². The van der Waals surface area contributed by atoms with Gasteiger partial charge in [-0.25, -0.2) is 18.6 Å². The number of likely N-dealkylation sites (tertiary alicyclic amines) is 1. The highest BCUT2D eigenvalue weighted by Crippen LogP contribution is 2.48. The van der Waals surface area contributed by atoms with Crippen LogP contribution in [0.15, 0.2) is 12.1 Å². The molecule has 0 radical (unpaired) electrons. The average molecular weight is 691 g/mol. The van der Waals surface area contributed by atoms with E-state index in [0.29, 0.717) is 53.1 Å². The minimum absolute atomic E-state index is 0.0163. The normalized spacial score (nSPS) is 18.0. The Kier molecular flexibility index (Phi) is 8.08. The Hall–Kier alpha value is -4.65. The van der Waals surface area contributed by atoms with E-state index in [1.54, 1.807) is 32.7 Å². The number of nitrogens with zero attached hydrogens (tertiary/aromatic N) is 6. The summed E-state index contributed by atoms with van der Waals surface area (Å²) in [6, 6.07) is 4.51. The Labute approximate surface area is 285 Å². The summed E-state index contributed by atoms with van der Waals surface area (Å²) in [4.78, 5) is 40.9. The van der Waals surface area contributed by atoms with E-state index in [9.17, 15) is 14.9 Å². The van der Waals surface area contributed by atoms with Gasteiger partial charge in [0.25, 0.3) is 0 Å². The van der Waals surface area contributed by atoms with Gasteiger partial charge in [0.15, 0.2) is 5.82 Å². The largest absolute Gasteiger partial charge is 0.444 e. The van der Waals surface area contributed by atoms with Gasteiger partial charge in [-0.15, -0.1) is 11.3 Å². The first-order chi connectivity index (χ1) is 23.3. The minimum atomic E-state index is -0.798. The Morgan fingerprint density at radius 3 is 2.53 bits per heavy atom. The molecule has 0 aliphatic carbocycles. The fourth-order valence-corrected chi connectivity index (χ4v) is 7.64. The van der Waals surface area contributed by atoms with Crippen molar-refractivity contribution >= 4 is 61.1 Å². The van der Waals surface area contributed by atoms with Gasteiger partial charge in [0, 0.05) is 53.9 Å². The number of nitrogens with one attached hydrogen (secondary N) is 2. The van der Waals surface area contributed by atoms with Crippen molar-refractivity contribution in [2.45, 2.75) is 58.1 Å². The average Bonchev–Trinajstić information content (AvgIpc) is 3.70. The molecule has 1 atom stereocenters. The second kappa shape index (κ2) is 12.0. The number of nitriles is 1. The number of likely N-dealkylation sites (N-methyl/N-ethyl adjacent to an activating group) is 2. The zero-order chi connectivity index (χ0) is 34.9. The van der Waals surface area contributed by atoms with Crippen molar-refractivity contribution < 1.29 is 27.8 Å². The van der Waals surface area contributed by atoms with E-state index in [1.165, 1.54) is 12.1 Å². The minimum Gasteiger partial charge on any atom is -0.444 e. The molecule has 0 saturated carbocycles. The van der Waals surface area contributed by atoms with Crippen LogP contribution in [0.25, 0.3) is 32.1 Å². The van der Waals surface area contributed by atoms with Gasteiger partial charge in [0.05, 0.1) is 24.2 Å². The molecule has 0 unspecified atom stereocenters. The maximum atomic E-state index is 17.3. The molecule has 0 bridgehead atoms. The maximum absolute atomic E-state index is 17.3. The third-order valence-corrected chi connectivity index (χ3v) is 10.3. The van der Waals surface area contributed by atoms with Crippen LogP contribution in [-0.2, 0) is 27.5 Å². The molecule has 3 aliphatic heterocycles. The number of anilines is 3. The predicted molar refractivity (Wildman–Crippen MR) is 183 cm³/mol. The summed E-state index contributed by atoms with van der Waals surface area (Å²) in [5, 5.41) is 16.9. The predicted octanol–water partition coefficient (Wildman–Crippen LogP) is 5.43. The first kappa shape index (κ1) is 32.9. The topological polar surface area (TPSA) is 136 Å². The van der Waals surface area contributed by atoms with Crippen molar-refractivity contribution in [3.8, 4) is 17.2 Å². The van der Waals surface area contributed by atoms with Crippen molar-refractivity contribution in [1.29, 1.82) is 5.26 Å². The number of fused-ring (bicyclic) bond motifs is 4. The van der Waals surface area contributed by atoms with Gasteiger partial charge in [-0.05, 0) is 64.5 Å². The number of carbonyl (C=O) groups excluding carboxylic acids is 2. The van der Waals surface area contributed by atoms with E-state index in [4.69, 9.17) is 19.4 Å². The monoisotopic (exact) mass is 690 g/mol. The molecule has 2 aromatic heterocycles. The zero-order valence-corrected chi connectivity index (χ0v) is 28.8. The molecule has 12 nitrogen and oxygen atoms in total. The van der Waals surface area contributed by atoms with E-state index >= 15 is 8.78 Å². The van der Waals surface area contributed by atoms with Gasteiger partial charge >= 0.3 is 6.09 Å². The molecule has 2 N–H and O–H groups in total. The number of benzene rings is 2. The molecule has 2 aromatic carbocycles. The number of hydrogen-bond donors (Lipinski definition) is 2. The van der Waals surface area contributed by atoms with Crippen molar-refractivity contribution in [3.63, 3.8) is 0 Å². The van der Waals surface area contributed by atoms with Crippen LogP contribution in [0.4, 0.5) is 30.3 Å². The SMILES string of the molecule is CN1CC[C@@H](Nc2nc(N3CC(N(C)C)C3)nc3c(F)c(-c4c(F)ccc5sc(NC(=O)OC(C)(C)C)c(C#N)c45)c4c(c23)COC4)C1=O. The quantitative estimate of drug-likeness (QED) is 0.270. The van der Waals surface area contributed by atoms with Gasteiger partial charge in [-0.2, -0.15) is 10.2 Å². The van der Waals surface area contributed by atoms with E-state index in [-0.39, 0.29) is 63.7 Å². The van der Waals surface area contributed by atoms with E-state index in [2.05, 4.69) is 21.6 Å². The molecule has 15 heteroatoms. The lowest BCUT2D eigenvalue weighted by molar-refractivity contribution is -0.127. The van der Waals surface area contributed by atoms with E-state index in [1.807, 2.05) is 19.0 Å². The molecule has 49 heavy (non-hydrogen) atoms. The van der Waals surface area contributed by atoms with Crippen molar-refractivity contribution in [2.75, 3.05) is 56.3 Å². The number of amides is 2. The van der Waals surface area contributed by atoms with Crippen LogP contribution in [0.5, 0.6) is 0 Å². The number of halogens is 2. The van der Waals surface area contributed by atoms with Crippen molar-refractivity contribution in [3.05, 3.63) is 40.5 Å². The van der Waals surface area contributed by atoms with Crippen LogP contribution in [0.2, 0.25) is 0 Å². The van der Waals surface area contributed by atoms with E-state index in [0.717, 1.165) is 11.3 Å². The number of hydrogen-bond acceptors (Lipinski definition) is 11. The summed E-state index contributed by atoms with van der Waals surface area (Å²) >= 11 is 1.07. The van der Waals surface area contributed by atoms with Crippen LogP contribution in [0.1, 0.15) is 43.9 Å². The smallest absolute Gasteiger partial charge is 0.412 e. The number of thiophene rings is 1. The molecule has 2 amide bonds. The Bertz CT molecular complexity index is 2080. The van der Waals surface area contributed by atoms with Crippen LogP contribution in [0.3, 0.4) is 0 Å². The molecule has 7 rings (SSSR count). The Morgan fingerprint density at radius 2 is 1.88 bits per heavy atom. The number of rotatable bonds is 6. The van der Waals surface area contributed by atoms with Crippen LogP contribution in [0, 0.1) is 23.0 Å². The summed E-state index contributed by atoms with van der Waals surface area (Å²) in [6.45, 7) is 7.00. The first-order valence-corrected chi connectivity index (χ1v) is 16.8. The maximum Gasteiger partial charge on any atom is 0.412 e. The summed E-state index contributed by atoms with van der Waals surface area (Å²) in [6.07, 6.45) is -0.230. The fraction of sp³-hybridized carbons (Fsp3) is 0.441. The highest BCUT2D eigenvalue weighted by atomic mass is 32.1. The molecule has 3 aliphatic rings. The molecule has 5 heterocycles. The summed E-state index contributed by atoms with van der Waals surface area (Å²) in [7, 11) is 5.70. The molecule has 4 aromatic rings. The zero-order valence-electron chi connectivity index (χ0n) is 28.0. The molecular formula is C34H36F2N8O4S. The van der Waals surface area contributed by atoms with Crippen LogP contribution >= 0.6 is 11.3 Å².